The lowest BCUT2D eigenvalue weighted by atomic mass is 10.0. The van der Waals surface area contributed by atoms with Gasteiger partial charge in [0, 0.05) is 31.2 Å². The van der Waals surface area contributed by atoms with Gasteiger partial charge in [0.15, 0.2) is 0 Å². The Morgan fingerprint density at radius 2 is 1.56 bits per heavy atom. The normalized spacial score (nSPS) is 13.3. The number of nitrogens with one attached hydrogen (secondary N) is 3. The van der Waals surface area contributed by atoms with Gasteiger partial charge in [-0.2, -0.15) is 0 Å². The summed E-state index contributed by atoms with van der Waals surface area (Å²) in [5, 5.41) is 35.9. The molecule has 0 spiro atoms. The van der Waals surface area contributed by atoms with Crippen LogP contribution in [0.5, 0.6) is 5.75 Å². The number of benzene rings is 4. The summed E-state index contributed by atoms with van der Waals surface area (Å²) in [4.78, 5) is 13.4. The molecule has 3 atom stereocenters. The Bertz CT molecular complexity index is 1520. The van der Waals surface area contributed by atoms with Crippen LogP contribution in [0.15, 0.2) is 102 Å². The Balaban J connectivity index is 1.22. The van der Waals surface area contributed by atoms with Gasteiger partial charge in [0.05, 0.1) is 24.0 Å². The van der Waals surface area contributed by atoms with Gasteiger partial charge in [-0.15, -0.1) is 0 Å². The molecule has 3 unspecified atom stereocenters. The van der Waals surface area contributed by atoms with Gasteiger partial charge in [-0.05, 0) is 65.4 Å². The zero-order chi connectivity index (χ0) is 30.6. The zero-order valence-electron chi connectivity index (χ0n) is 24.2. The number of aliphatic hydroxyl groups is 2. The van der Waals surface area contributed by atoms with Crippen LogP contribution in [0.3, 0.4) is 0 Å². The summed E-state index contributed by atoms with van der Waals surface area (Å²) in [6.07, 6.45) is 0.170. The molecule has 0 saturated heterocycles. The van der Waals surface area contributed by atoms with E-state index in [1.54, 1.807) is 12.1 Å². The molecule has 43 heavy (non-hydrogen) atoms. The lowest BCUT2D eigenvalue weighted by Crippen LogP contribution is -2.32. The average molecular weight is 602 g/mol. The molecule has 0 bridgehead atoms. The Kier molecular flexibility index (Phi) is 12.0. The Morgan fingerprint density at radius 3 is 2.35 bits per heavy atom. The Morgan fingerprint density at radius 1 is 0.837 bits per heavy atom. The molecule has 4 aromatic rings. The Labute approximate surface area is 255 Å². The van der Waals surface area contributed by atoms with E-state index in [0.717, 1.165) is 22.3 Å². The zero-order valence-corrected chi connectivity index (χ0v) is 25.0. The van der Waals surface area contributed by atoms with Gasteiger partial charge in [0.2, 0.25) is 5.91 Å². The molecule has 0 aliphatic carbocycles. The van der Waals surface area contributed by atoms with Gasteiger partial charge in [-0.25, -0.2) is 8.93 Å². The number of phenols is 1. The van der Waals surface area contributed by atoms with Crippen molar-refractivity contribution in [1.29, 1.82) is 0 Å². The molecule has 4 rings (SSSR count). The van der Waals surface area contributed by atoms with Crippen molar-refractivity contribution < 1.29 is 24.3 Å². The van der Waals surface area contributed by atoms with E-state index in [9.17, 15) is 24.3 Å². The summed E-state index contributed by atoms with van der Waals surface area (Å²) in [7, 11) is -1.36. The molecule has 0 aliphatic heterocycles. The molecule has 0 saturated carbocycles. The highest BCUT2D eigenvalue weighted by Crippen LogP contribution is 2.22. The summed E-state index contributed by atoms with van der Waals surface area (Å²) in [6, 6.07) is 29.9. The van der Waals surface area contributed by atoms with Crippen molar-refractivity contribution in [3.05, 3.63) is 130 Å². The minimum Gasteiger partial charge on any atom is -0.508 e. The van der Waals surface area contributed by atoms with E-state index in [4.69, 9.17) is 0 Å². The van der Waals surface area contributed by atoms with Crippen LogP contribution in [-0.2, 0) is 48.3 Å². The first kappa shape index (κ1) is 32.1. The van der Waals surface area contributed by atoms with E-state index in [2.05, 4.69) is 15.4 Å². The maximum Gasteiger partial charge on any atom is 0.224 e. The van der Waals surface area contributed by atoms with E-state index in [0.29, 0.717) is 42.1 Å². The third-order valence-corrected chi connectivity index (χ3v) is 8.16. The molecule has 6 N–H and O–H groups in total. The van der Waals surface area contributed by atoms with Crippen LogP contribution in [-0.4, -0.2) is 38.0 Å². The van der Waals surface area contributed by atoms with Crippen molar-refractivity contribution in [3.8, 4) is 5.75 Å². The molecule has 0 aliphatic rings. The van der Waals surface area contributed by atoms with Crippen LogP contribution in [0.1, 0.15) is 46.4 Å². The quantitative estimate of drug-likeness (QED) is 0.123. The van der Waals surface area contributed by atoms with Gasteiger partial charge in [0.1, 0.15) is 16.7 Å². The van der Waals surface area contributed by atoms with E-state index in [1.807, 2.05) is 85.8 Å². The lowest BCUT2D eigenvalue weighted by molar-refractivity contribution is -0.120. The third-order valence-electron chi connectivity index (χ3n) is 7.07. The van der Waals surface area contributed by atoms with Gasteiger partial charge in [-0.1, -0.05) is 72.8 Å². The second-order valence-electron chi connectivity index (χ2n) is 10.6. The van der Waals surface area contributed by atoms with Gasteiger partial charge < -0.3 is 26.0 Å². The number of amides is 1. The highest BCUT2D eigenvalue weighted by atomic mass is 32.2. The first-order valence-corrected chi connectivity index (χ1v) is 15.4. The average Bonchev–Trinajstić information content (AvgIpc) is 3.02. The molecule has 226 valence electrons. The van der Waals surface area contributed by atoms with Crippen LogP contribution in [0, 0.1) is 0 Å². The van der Waals surface area contributed by atoms with Crippen LogP contribution >= 0.6 is 0 Å². The van der Waals surface area contributed by atoms with E-state index >= 15 is 0 Å². The van der Waals surface area contributed by atoms with Crippen molar-refractivity contribution in [2.45, 2.75) is 56.5 Å². The number of hydrogen-bond donors (Lipinski definition) is 6. The molecule has 1 amide bonds. The van der Waals surface area contributed by atoms with Crippen LogP contribution in [0.2, 0.25) is 0 Å². The summed E-state index contributed by atoms with van der Waals surface area (Å²) < 4.78 is 15.7. The number of carbonyl (C=O) groups excluding carboxylic acids is 1. The van der Waals surface area contributed by atoms with E-state index in [-0.39, 0.29) is 30.7 Å². The third kappa shape index (κ3) is 10.1. The molecule has 0 fully saturated rings. The molecule has 0 heterocycles. The monoisotopic (exact) mass is 601 g/mol. The second-order valence-corrected chi connectivity index (χ2v) is 11.9. The van der Waals surface area contributed by atoms with Crippen LogP contribution in [0.4, 0.5) is 0 Å². The maximum atomic E-state index is 12.7. The van der Waals surface area contributed by atoms with Crippen molar-refractivity contribution in [1.82, 2.24) is 15.4 Å². The number of rotatable bonds is 15. The first-order chi connectivity index (χ1) is 20.8. The summed E-state index contributed by atoms with van der Waals surface area (Å²) in [5.41, 5.74) is 4.90. The van der Waals surface area contributed by atoms with Crippen LogP contribution in [0.25, 0.3) is 0 Å². The predicted molar refractivity (Wildman–Crippen MR) is 168 cm³/mol. The summed E-state index contributed by atoms with van der Waals surface area (Å²) in [6.45, 7) is 2.88. The summed E-state index contributed by atoms with van der Waals surface area (Å²) >= 11 is 0. The molecule has 8 nitrogen and oxygen atoms in total. The number of aromatic hydroxyl groups is 1. The highest BCUT2D eigenvalue weighted by molar-refractivity contribution is 7.83. The van der Waals surface area contributed by atoms with Crippen molar-refractivity contribution in [2.24, 2.45) is 0 Å². The van der Waals surface area contributed by atoms with Crippen LogP contribution < -0.4 is 15.4 Å². The molecular weight excluding hydrogens is 562 g/mol. The lowest BCUT2D eigenvalue weighted by Gasteiger charge is -2.18. The minimum absolute atomic E-state index is 0.00272. The Hall–Kier alpha value is -3.86. The molecule has 0 radical (unpaired) electrons. The molecule has 4 aromatic carbocycles. The largest absolute Gasteiger partial charge is 0.508 e. The second kappa shape index (κ2) is 16.1. The minimum atomic E-state index is -1.36. The van der Waals surface area contributed by atoms with Crippen molar-refractivity contribution >= 4 is 16.9 Å². The predicted octanol–water partition coefficient (Wildman–Crippen LogP) is 3.81. The number of aliphatic hydroxyl groups excluding tert-OH is 2. The SMILES string of the molecule is CC(Cc1cccc(CC(=O)NCc2cccc(S(=O)NCc3ccccc3)c2)c1)NCC(O)c1ccc(O)c(CO)c1. The van der Waals surface area contributed by atoms with E-state index in [1.165, 1.54) is 6.07 Å². The fraction of sp³-hybridized carbons (Fsp3) is 0.265. The standard InChI is InChI=1S/C34H39N3O5S/c1-24(35-22-33(40)29-13-14-32(39)30(19-29)23-38)15-26-9-5-10-27(16-26)18-34(41)36-20-28-11-6-12-31(17-28)43(42)37-21-25-7-3-2-4-8-25/h2-14,16-17,19,24,33,35,37-40H,15,18,20-23H2,1H3,(H,36,41). The number of hydrogen-bond acceptors (Lipinski definition) is 6. The molecular formula is C34H39N3O5S. The highest BCUT2D eigenvalue weighted by Gasteiger charge is 2.13. The summed E-state index contributed by atoms with van der Waals surface area (Å²) in [5.74, 6) is -0.0979. The van der Waals surface area contributed by atoms with E-state index < -0.39 is 17.1 Å². The molecule has 0 aromatic heterocycles. The van der Waals surface area contributed by atoms with Gasteiger partial charge >= 0.3 is 0 Å². The fourth-order valence-corrected chi connectivity index (χ4v) is 5.63. The van der Waals surface area contributed by atoms with Gasteiger partial charge in [-0.3, -0.25) is 4.79 Å². The smallest absolute Gasteiger partial charge is 0.224 e. The first-order valence-electron chi connectivity index (χ1n) is 14.3. The maximum absolute atomic E-state index is 12.7. The van der Waals surface area contributed by atoms with Crippen molar-refractivity contribution in [3.63, 3.8) is 0 Å². The van der Waals surface area contributed by atoms with Gasteiger partial charge in [0.25, 0.3) is 0 Å². The molecule has 9 heteroatoms. The van der Waals surface area contributed by atoms with Crippen molar-refractivity contribution in [2.75, 3.05) is 6.54 Å². The fourth-order valence-electron chi connectivity index (χ4n) is 4.71. The topological polar surface area (TPSA) is 131 Å². The number of carbonyl (C=O) groups is 1.